The van der Waals surface area contributed by atoms with Gasteiger partial charge in [0.1, 0.15) is 30.0 Å². The number of para-hydroxylation sites is 1. The number of ether oxygens (including phenoxy) is 2. The number of nitrogens with zero attached hydrogens (tertiary/aromatic N) is 2. The Balaban J connectivity index is 3.45. The van der Waals surface area contributed by atoms with Crippen molar-refractivity contribution in [1.29, 1.82) is 5.26 Å². The Bertz CT molecular complexity index is 1030. The molecule has 210 valence electrons. The van der Waals surface area contributed by atoms with Crippen LogP contribution in [0.4, 0.5) is 4.79 Å². The molecular formula is C27H40N4O7. The maximum atomic E-state index is 13.8. The fraction of sp³-hybridized carbons (Fsp3) is 0.593. The van der Waals surface area contributed by atoms with Gasteiger partial charge in [0.15, 0.2) is 0 Å². The number of nitriles is 1. The second-order valence-electron chi connectivity index (χ2n) is 10.2. The van der Waals surface area contributed by atoms with Gasteiger partial charge in [-0.05, 0) is 52.5 Å². The molecule has 0 aromatic heterocycles. The topological polar surface area (TPSA) is 158 Å². The van der Waals surface area contributed by atoms with Gasteiger partial charge in [-0.15, -0.1) is 0 Å². The SMILES string of the molecule is CCOC(=O)CCNC(=O)C(c1cccc(C)c1O)N(CC#N)C(=O)C(CC(C)C)NC(=O)OC(C)(C)C. The minimum atomic E-state index is -1.42. The van der Waals surface area contributed by atoms with E-state index in [1.54, 1.807) is 46.8 Å². The first-order valence-corrected chi connectivity index (χ1v) is 12.6. The largest absolute Gasteiger partial charge is 0.507 e. The molecule has 11 nitrogen and oxygen atoms in total. The first-order chi connectivity index (χ1) is 17.7. The highest BCUT2D eigenvalue weighted by molar-refractivity contribution is 5.93. The number of nitrogens with one attached hydrogen (secondary N) is 2. The van der Waals surface area contributed by atoms with Gasteiger partial charge in [0.05, 0.1) is 19.1 Å². The average Bonchev–Trinajstić information content (AvgIpc) is 2.79. The summed E-state index contributed by atoms with van der Waals surface area (Å²) in [6.45, 7) is 11.7. The zero-order valence-electron chi connectivity index (χ0n) is 23.3. The van der Waals surface area contributed by atoms with Crippen LogP contribution in [-0.4, -0.2) is 65.2 Å². The number of rotatable bonds is 12. The molecule has 0 saturated heterocycles. The fourth-order valence-corrected chi connectivity index (χ4v) is 3.69. The number of carbonyl (C=O) groups excluding carboxylic acids is 4. The highest BCUT2D eigenvalue weighted by Gasteiger charge is 2.37. The van der Waals surface area contributed by atoms with Crippen molar-refractivity contribution >= 4 is 23.9 Å². The number of aromatic hydroxyl groups is 1. The normalized spacial score (nSPS) is 12.6. The third-order valence-corrected chi connectivity index (χ3v) is 5.28. The number of alkyl carbamates (subject to hydrolysis) is 1. The first kappa shape index (κ1) is 32.2. The van der Waals surface area contributed by atoms with E-state index in [0.29, 0.717) is 5.56 Å². The quantitative estimate of drug-likeness (QED) is 0.274. The van der Waals surface area contributed by atoms with E-state index in [2.05, 4.69) is 10.6 Å². The second kappa shape index (κ2) is 14.8. The maximum absolute atomic E-state index is 13.8. The Morgan fingerprint density at radius 1 is 1.18 bits per heavy atom. The minimum Gasteiger partial charge on any atom is -0.507 e. The Hall–Kier alpha value is -3.81. The molecule has 0 fully saturated rings. The molecular weight excluding hydrogens is 492 g/mol. The van der Waals surface area contributed by atoms with E-state index in [9.17, 15) is 29.5 Å². The summed E-state index contributed by atoms with van der Waals surface area (Å²) >= 11 is 0. The molecule has 2 unspecified atom stereocenters. The minimum absolute atomic E-state index is 0.0351. The van der Waals surface area contributed by atoms with Gasteiger partial charge in [-0.25, -0.2) is 4.79 Å². The van der Waals surface area contributed by atoms with Crippen LogP contribution in [0.1, 0.15) is 71.6 Å². The van der Waals surface area contributed by atoms with Gasteiger partial charge < -0.3 is 30.1 Å². The van der Waals surface area contributed by atoms with E-state index in [-0.39, 0.29) is 43.2 Å². The molecule has 0 heterocycles. The van der Waals surface area contributed by atoms with Gasteiger partial charge in [0, 0.05) is 12.1 Å². The maximum Gasteiger partial charge on any atom is 0.408 e. The van der Waals surface area contributed by atoms with Gasteiger partial charge in [0.25, 0.3) is 0 Å². The predicted octanol–water partition coefficient (Wildman–Crippen LogP) is 3.10. The number of hydrogen-bond acceptors (Lipinski definition) is 8. The molecule has 1 rings (SSSR count). The van der Waals surface area contributed by atoms with Crippen LogP contribution in [0.5, 0.6) is 5.75 Å². The molecule has 0 aliphatic carbocycles. The molecule has 0 radical (unpaired) electrons. The molecule has 3 N–H and O–H groups in total. The molecule has 0 aliphatic heterocycles. The zero-order chi connectivity index (χ0) is 29.0. The van der Waals surface area contributed by atoms with Crippen LogP contribution >= 0.6 is 0 Å². The third kappa shape index (κ3) is 10.3. The standard InChI is InChI=1S/C27H40N4O7/c1-8-37-21(32)12-14-29-24(34)22(19-11-9-10-18(4)23(19)33)31(15-13-28)25(35)20(16-17(2)3)30-26(36)38-27(5,6)7/h9-11,17,20,22,33H,8,12,14-16H2,1-7H3,(H,29,34)(H,30,36). The summed E-state index contributed by atoms with van der Waals surface area (Å²) in [7, 11) is 0. The van der Waals surface area contributed by atoms with Crippen LogP contribution in [0.3, 0.4) is 0 Å². The number of phenols is 1. The van der Waals surface area contributed by atoms with E-state index >= 15 is 0 Å². The van der Waals surface area contributed by atoms with E-state index in [4.69, 9.17) is 9.47 Å². The van der Waals surface area contributed by atoms with Crippen LogP contribution in [0.2, 0.25) is 0 Å². The van der Waals surface area contributed by atoms with Crippen molar-refractivity contribution in [2.45, 2.75) is 79.0 Å². The summed E-state index contributed by atoms with van der Waals surface area (Å²) in [5.41, 5.74) is -0.249. The van der Waals surface area contributed by atoms with Gasteiger partial charge in [0.2, 0.25) is 11.8 Å². The summed E-state index contributed by atoms with van der Waals surface area (Å²) in [5.74, 6) is -2.16. The molecule has 0 spiro atoms. The molecule has 1 aromatic rings. The lowest BCUT2D eigenvalue weighted by Crippen LogP contribution is -2.53. The number of hydrogen-bond donors (Lipinski definition) is 3. The molecule has 1 aromatic carbocycles. The van der Waals surface area contributed by atoms with Gasteiger partial charge >= 0.3 is 12.1 Å². The Kier molecular flexibility index (Phi) is 12.6. The Morgan fingerprint density at radius 3 is 2.39 bits per heavy atom. The summed E-state index contributed by atoms with van der Waals surface area (Å²) < 4.78 is 10.2. The smallest absolute Gasteiger partial charge is 0.408 e. The second-order valence-corrected chi connectivity index (χ2v) is 10.2. The number of benzene rings is 1. The Morgan fingerprint density at radius 2 is 1.84 bits per heavy atom. The lowest BCUT2D eigenvalue weighted by atomic mass is 9.97. The lowest BCUT2D eigenvalue weighted by Gasteiger charge is -2.33. The number of amides is 3. The van der Waals surface area contributed by atoms with Crippen molar-refractivity contribution in [2.24, 2.45) is 5.92 Å². The number of carbonyl (C=O) groups is 4. The highest BCUT2D eigenvalue weighted by atomic mass is 16.6. The van der Waals surface area contributed by atoms with E-state index < -0.39 is 48.1 Å². The van der Waals surface area contributed by atoms with Crippen LogP contribution in [0.25, 0.3) is 0 Å². The molecule has 2 atom stereocenters. The van der Waals surface area contributed by atoms with Crippen molar-refractivity contribution in [3.63, 3.8) is 0 Å². The third-order valence-electron chi connectivity index (χ3n) is 5.28. The average molecular weight is 533 g/mol. The summed E-state index contributed by atoms with van der Waals surface area (Å²) in [6.07, 6.45) is -0.715. The van der Waals surface area contributed by atoms with Gasteiger partial charge in [-0.3, -0.25) is 14.4 Å². The summed E-state index contributed by atoms with van der Waals surface area (Å²) in [4.78, 5) is 52.5. The van der Waals surface area contributed by atoms with Crippen molar-refractivity contribution in [3.05, 3.63) is 29.3 Å². The van der Waals surface area contributed by atoms with Crippen LogP contribution in [-0.2, 0) is 23.9 Å². The van der Waals surface area contributed by atoms with E-state index in [1.807, 2.05) is 19.9 Å². The van der Waals surface area contributed by atoms with Gasteiger partial charge in [-0.1, -0.05) is 32.0 Å². The van der Waals surface area contributed by atoms with Crippen molar-refractivity contribution in [3.8, 4) is 11.8 Å². The number of phenolic OH excluding ortho intramolecular Hbond substituents is 1. The van der Waals surface area contributed by atoms with Crippen molar-refractivity contribution in [2.75, 3.05) is 19.7 Å². The zero-order valence-corrected chi connectivity index (χ0v) is 23.3. The summed E-state index contributed by atoms with van der Waals surface area (Å²) in [5, 5.41) is 25.5. The van der Waals surface area contributed by atoms with Gasteiger partial charge in [-0.2, -0.15) is 5.26 Å². The monoisotopic (exact) mass is 532 g/mol. The lowest BCUT2D eigenvalue weighted by molar-refractivity contribution is -0.144. The molecule has 38 heavy (non-hydrogen) atoms. The first-order valence-electron chi connectivity index (χ1n) is 12.6. The number of esters is 1. The van der Waals surface area contributed by atoms with Crippen LogP contribution < -0.4 is 10.6 Å². The summed E-state index contributed by atoms with van der Waals surface area (Å²) in [6, 6.07) is 4.11. The number of aryl methyl sites for hydroxylation is 1. The fourth-order valence-electron chi connectivity index (χ4n) is 3.69. The Labute approximate surface area is 224 Å². The molecule has 3 amide bonds. The molecule has 0 bridgehead atoms. The molecule has 0 saturated carbocycles. The predicted molar refractivity (Wildman–Crippen MR) is 140 cm³/mol. The van der Waals surface area contributed by atoms with E-state index in [0.717, 1.165) is 4.90 Å². The van der Waals surface area contributed by atoms with E-state index in [1.165, 1.54) is 6.07 Å². The van der Waals surface area contributed by atoms with Crippen molar-refractivity contribution < 1.29 is 33.8 Å². The highest BCUT2D eigenvalue weighted by Crippen LogP contribution is 2.32. The molecule has 0 aliphatic rings. The molecule has 11 heteroatoms. The van der Waals surface area contributed by atoms with Crippen LogP contribution in [0, 0.1) is 24.2 Å². The van der Waals surface area contributed by atoms with Crippen molar-refractivity contribution in [1.82, 2.24) is 15.5 Å². The van der Waals surface area contributed by atoms with Crippen LogP contribution in [0.15, 0.2) is 18.2 Å².